The molecule has 1 aromatic carbocycles. The van der Waals surface area contributed by atoms with E-state index in [1.807, 2.05) is 19.1 Å². The van der Waals surface area contributed by atoms with Gasteiger partial charge in [0, 0.05) is 17.3 Å². The Bertz CT molecular complexity index is 450. The quantitative estimate of drug-likeness (QED) is 0.803. The highest BCUT2D eigenvalue weighted by atomic mass is 16.1. The molecule has 0 aliphatic heterocycles. The normalized spacial score (nSPS) is 27.0. The van der Waals surface area contributed by atoms with Crippen molar-refractivity contribution in [3.63, 3.8) is 0 Å². The summed E-state index contributed by atoms with van der Waals surface area (Å²) >= 11 is 0. The fourth-order valence-electron chi connectivity index (χ4n) is 2.98. The molecule has 0 heterocycles. The van der Waals surface area contributed by atoms with Crippen molar-refractivity contribution >= 4 is 11.6 Å². The molecule has 3 atom stereocenters. The SMILES string of the molecule is Cc1cc(N)cc(C(=O)NC2CCCC(C)C2C)c1. The summed E-state index contributed by atoms with van der Waals surface area (Å²) in [6.07, 6.45) is 3.55. The van der Waals surface area contributed by atoms with Gasteiger partial charge in [-0.1, -0.05) is 26.7 Å². The largest absolute Gasteiger partial charge is 0.399 e. The van der Waals surface area contributed by atoms with E-state index in [9.17, 15) is 4.79 Å². The molecular formula is C16H24N2O. The van der Waals surface area contributed by atoms with Crippen LogP contribution in [0.5, 0.6) is 0 Å². The summed E-state index contributed by atoms with van der Waals surface area (Å²) < 4.78 is 0. The lowest BCUT2D eigenvalue weighted by Crippen LogP contribution is -2.43. The molecule has 1 fully saturated rings. The van der Waals surface area contributed by atoms with Crippen molar-refractivity contribution < 1.29 is 4.79 Å². The van der Waals surface area contributed by atoms with Crippen LogP contribution in [-0.2, 0) is 0 Å². The van der Waals surface area contributed by atoms with Crippen molar-refractivity contribution in [3.8, 4) is 0 Å². The van der Waals surface area contributed by atoms with Gasteiger partial charge in [-0.15, -0.1) is 0 Å². The van der Waals surface area contributed by atoms with Crippen molar-refractivity contribution in [2.45, 2.75) is 46.1 Å². The molecule has 1 aliphatic rings. The van der Waals surface area contributed by atoms with E-state index in [1.165, 1.54) is 12.8 Å². The van der Waals surface area contributed by atoms with Gasteiger partial charge in [-0.05, 0) is 48.9 Å². The summed E-state index contributed by atoms with van der Waals surface area (Å²) in [5.41, 5.74) is 8.14. The van der Waals surface area contributed by atoms with Gasteiger partial charge in [0.1, 0.15) is 0 Å². The minimum atomic E-state index is 0.00125. The van der Waals surface area contributed by atoms with Gasteiger partial charge >= 0.3 is 0 Å². The van der Waals surface area contributed by atoms with E-state index in [0.29, 0.717) is 23.1 Å². The molecule has 0 aromatic heterocycles. The molecule has 3 N–H and O–H groups in total. The molecule has 1 saturated carbocycles. The van der Waals surface area contributed by atoms with Crippen molar-refractivity contribution in [2.75, 3.05) is 5.73 Å². The minimum absolute atomic E-state index is 0.00125. The van der Waals surface area contributed by atoms with Crippen LogP contribution in [0.4, 0.5) is 5.69 Å². The van der Waals surface area contributed by atoms with Gasteiger partial charge in [-0.2, -0.15) is 0 Å². The number of hydrogen-bond donors (Lipinski definition) is 2. The number of nitrogens with one attached hydrogen (secondary N) is 1. The lowest BCUT2D eigenvalue weighted by Gasteiger charge is -2.34. The molecule has 1 aliphatic carbocycles. The Labute approximate surface area is 115 Å². The first-order valence-electron chi connectivity index (χ1n) is 7.15. The van der Waals surface area contributed by atoms with E-state index in [1.54, 1.807) is 6.07 Å². The average Bonchev–Trinajstić information content (AvgIpc) is 2.33. The first kappa shape index (κ1) is 13.9. The molecule has 2 rings (SSSR count). The number of carbonyl (C=O) groups is 1. The molecule has 0 spiro atoms. The zero-order valence-corrected chi connectivity index (χ0v) is 12.1. The first-order valence-corrected chi connectivity index (χ1v) is 7.15. The van der Waals surface area contributed by atoms with Crippen LogP contribution in [0.2, 0.25) is 0 Å². The third-order valence-corrected chi connectivity index (χ3v) is 4.39. The fraction of sp³-hybridized carbons (Fsp3) is 0.562. The predicted molar refractivity (Wildman–Crippen MR) is 79.0 cm³/mol. The third kappa shape index (κ3) is 3.28. The zero-order chi connectivity index (χ0) is 14.0. The molecule has 0 saturated heterocycles. The molecule has 19 heavy (non-hydrogen) atoms. The number of hydrogen-bond acceptors (Lipinski definition) is 2. The van der Waals surface area contributed by atoms with Gasteiger partial charge < -0.3 is 11.1 Å². The van der Waals surface area contributed by atoms with Crippen LogP contribution in [-0.4, -0.2) is 11.9 Å². The maximum Gasteiger partial charge on any atom is 0.251 e. The lowest BCUT2D eigenvalue weighted by atomic mass is 9.78. The van der Waals surface area contributed by atoms with E-state index in [2.05, 4.69) is 19.2 Å². The van der Waals surface area contributed by atoms with Crippen molar-refractivity contribution in [3.05, 3.63) is 29.3 Å². The fourth-order valence-corrected chi connectivity index (χ4v) is 2.98. The maximum absolute atomic E-state index is 12.3. The summed E-state index contributed by atoms with van der Waals surface area (Å²) in [6, 6.07) is 5.81. The standard InChI is InChI=1S/C16H24N2O/c1-10-7-13(9-14(17)8-10)16(19)18-15-6-4-5-11(2)12(15)3/h7-9,11-12,15H,4-6,17H2,1-3H3,(H,18,19). The summed E-state index contributed by atoms with van der Waals surface area (Å²) in [5.74, 6) is 1.22. The van der Waals surface area contributed by atoms with Gasteiger partial charge in [0.2, 0.25) is 0 Å². The Morgan fingerprint density at radius 2 is 2.00 bits per heavy atom. The van der Waals surface area contributed by atoms with Crippen LogP contribution >= 0.6 is 0 Å². The Hall–Kier alpha value is -1.51. The number of anilines is 1. The Kier molecular flexibility index (Phi) is 4.13. The molecule has 3 unspecified atom stereocenters. The molecule has 0 bridgehead atoms. The van der Waals surface area contributed by atoms with Crippen LogP contribution in [0.25, 0.3) is 0 Å². The smallest absolute Gasteiger partial charge is 0.251 e. The Morgan fingerprint density at radius 3 is 2.68 bits per heavy atom. The summed E-state index contributed by atoms with van der Waals surface area (Å²) in [5, 5.41) is 3.18. The molecule has 3 heteroatoms. The van der Waals surface area contributed by atoms with Gasteiger partial charge in [-0.25, -0.2) is 0 Å². The number of rotatable bonds is 2. The number of benzene rings is 1. The average molecular weight is 260 g/mol. The number of nitrogen functional groups attached to an aromatic ring is 1. The number of carbonyl (C=O) groups excluding carboxylic acids is 1. The van der Waals surface area contributed by atoms with E-state index in [-0.39, 0.29) is 11.9 Å². The highest BCUT2D eigenvalue weighted by Crippen LogP contribution is 2.29. The van der Waals surface area contributed by atoms with E-state index < -0.39 is 0 Å². The summed E-state index contributed by atoms with van der Waals surface area (Å²) in [4.78, 5) is 12.3. The number of aryl methyl sites for hydroxylation is 1. The predicted octanol–water partition coefficient (Wildman–Crippen LogP) is 3.13. The molecule has 1 aromatic rings. The van der Waals surface area contributed by atoms with Crippen LogP contribution in [0.15, 0.2) is 18.2 Å². The second kappa shape index (κ2) is 5.64. The Morgan fingerprint density at radius 1 is 1.26 bits per heavy atom. The number of amides is 1. The van der Waals surface area contributed by atoms with Crippen LogP contribution < -0.4 is 11.1 Å². The van der Waals surface area contributed by atoms with Gasteiger partial charge in [-0.3, -0.25) is 4.79 Å². The van der Waals surface area contributed by atoms with E-state index in [0.717, 1.165) is 12.0 Å². The first-order chi connectivity index (χ1) is 8.97. The van der Waals surface area contributed by atoms with E-state index >= 15 is 0 Å². The van der Waals surface area contributed by atoms with Crippen LogP contribution in [0, 0.1) is 18.8 Å². The second-order valence-electron chi connectivity index (χ2n) is 5.98. The van der Waals surface area contributed by atoms with Crippen LogP contribution in [0.3, 0.4) is 0 Å². The van der Waals surface area contributed by atoms with Gasteiger partial charge in [0.15, 0.2) is 0 Å². The van der Waals surface area contributed by atoms with Crippen molar-refractivity contribution in [2.24, 2.45) is 11.8 Å². The minimum Gasteiger partial charge on any atom is -0.399 e. The monoisotopic (exact) mass is 260 g/mol. The zero-order valence-electron chi connectivity index (χ0n) is 12.1. The highest BCUT2D eigenvalue weighted by Gasteiger charge is 2.28. The van der Waals surface area contributed by atoms with E-state index in [4.69, 9.17) is 5.73 Å². The van der Waals surface area contributed by atoms with Crippen molar-refractivity contribution in [1.82, 2.24) is 5.32 Å². The van der Waals surface area contributed by atoms with Crippen molar-refractivity contribution in [1.29, 1.82) is 0 Å². The third-order valence-electron chi connectivity index (χ3n) is 4.39. The lowest BCUT2D eigenvalue weighted by molar-refractivity contribution is 0.0891. The molecule has 104 valence electrons. The second-order valence-corrected chi connectivity index (χ2v) is 5.98. The summed E-state index contributed by atoms with van der Waals surface area (Å²) in [7, 11) is 0. The topological polar surface area (TPSA) is 55.1 Å². The summed E-state index contributed by atoms with van der Waals surface area (Å²) in [6.45, 7) is 6.46. The number of nitrogens with two attached hydrogens (primary N) is 1. The maximum atomic E-state index is 12.3. The van der Waals surface area contributed by atoms with Gasteiger partial charge in [0.05, 0.1) is 0 Å². The van der Waals surface area contributed by atoms with Gasteiger partial charge in [0.25, 0.3) is 5.91 Å². The van der Waals surface area contributed by atoms with Crippen LogP contribution in [0.1, 0.15) is 49.0 Å². The molecule has 0 radical (unpaired) electrons. The molecular weight excluding hydrogens is 236 g/mol. The molecule has 3 nitrogen and oxygen atoms in total. The molecule has 1 amide bonds. The Balaban J connectivity index is 2.08. The highest BCUT2D eigenvalue weighted by molar-refractivity contribution is 5.95.